The Morgan fingerprint density at radius 2 is 1.44 bits per heavy atom. The summed E-state index contributed by atoms with van der Waals surface area (Å²) in [5, 5.41) is 14.4. The van der Waals surface area contributed by atoms with E-state index in [-0.39, 0.29) is 5.75 Å². The van der Waals surface area contributed by atoms with Gasteiger partial charge in [-0.05, 0) is 67.1 Å². The Hall–Kier alpha value is -3.80. The largest absolute Gasteiger partial charge is 0.508 e. The number of benzene rings is 3. The van der Waals surface area contributed by atoms with Gasteiger partial charge < -0.3 is 20.5 Å². The van der Waals surface area contributed by atoms with E-state index < -0.39 is 11.8 Å². The van der Waals surface area contributed by atoms with Crippen molar-refractivity contribution in [2.75, 3.05) is 10.6 Å². The number of hydrogen-bond acceptors (Lipinski definition) is 4. The van der Waals surface area contributed by atoms with Crippen LogP contribution >= 0.6 is 0 Å². The number of carbonyl (C=O) groups excluding carboxylic acids is 2. The highest BCUT2D eigenvalue weighted by Crippen LogP contribution is 2.23. The van der Waals surface area contributed by atoms with Crippen molar-refractivity contribution in [2.45, 2.75) is 6.92 Å². The van der Waals surface area contributed by atoms with Crippen LogP contribution in [0.25, 0.3) is 0 Å². The van der Waals surface area contributed by atoms with Gasteiger partial charge in [0.2, 0.25) is 0 Å². The quantitative estimate of drug-likeness (QED) is 0.482. The molecule has 0 aromatic heterocycles. The number of aromatic hydroxyl groups is 1. The van der Waals surface area contributed by atoms with Crippen LogP contribution in [0.5, 0.6) is 17.2 Å². The van der Waals surface area contributed by atoms with E-state index in [1.807, 2.05) is 30.3 Å². The summed E-state index contributed by atoms with van der Waals surface area (Å²) in [5.74, 6) is -0.179. The van der Waals surface area contributed by atoms with Crippen LogP contribution in [0.1, 0.15) is 5.56 Å². The molecule has 0 spiro atoms. The van der Waals surface area contributed by atoms with Crippen molar-refractivity contribution in [3.63, 3.8) is 0 Å². The molecule has 3 aromatic carbocycles. The Bertz CT molecular complexity index is 954. The maximum Gasteiger partial charge on any atom is 0.314 e. The van der Waals surface area contributed by atoms with Crippen molar-refractivity contribution in [1.29, 1.82) is 0 Å². The van der Waals surface area contributed by atoms with Crippen LogP contribution in [0.15, 0.2) is 72.8 Å². The number of phenols is 1. The van der Waals surface area contributed by atoms with Crippen LogP contribution in [0.4, 0.5) is 11.4 Å². The summed E-state index contributed by atoms with van der Waals surface area (Å²) in [6.07, 6.45) is 0. The van der Waals surface area contributed by atoms with Crippen molar-refractivity contribution in [1.82, 2.24) is 0 Å². The summed E-state index contributed by atoms with van der Waals surface area (Å²) < 4.78 is 5.68. The number of amides is 2. The second kappa shape index (κ2) is 8.05. The number of phenolic OH excluding ortho intramolecular Hbond substituents is 1. The normalized spacial score (nSPS) is 10.1. The number of aryl methyl sites for hydroxylation is 1. The van der Waals surface area contributed by atoms with Gasteiger partial charge in [0, 0.05) is 11.4 Å². The van der Waals surface area contributed by atoms with Gasteiger partial charge >= 0.3 is 11.8 Å². The molecular formula is C21H18N2O4. The van der Waals surface area contributed by atoms with Gasteiger partial charge in [0.05, 0.1) is 0 Å². The molecule has 0 aliphatic heterocycles. The maximum absolute atomic E-state index is 12.1. The predicted molar refractivity (Wildman–Crippen MR) is 103 cm³/mol. The predicted octanol–water partition coefficient (Wildman–Crippen LogP) is 4.07. The second-order valence-electron chi connectivity index (χ2n) is 5.85. The molecule has 0 saturated carbocycles. The second-order valence-corrected chi connectivity index (χ2v) is 5.85. The highest BCUT2D eigenvalue weighted by molar-refractivity contribution is 6.43. The van der Waals surface area contributed by atoms with Crippen LogP contribution in [0.3, 0.4) is 0 Å². The molecule has 0 aliphatic carbocycles. The number of ether oxygens (including phenoxy) is 1. The Morgan fingerprint density at radius 3 is 2.11 bits per heavy atom. The van der Waals surface area contributed by atoms with Crippen molar-refractivity contribution < 1.29 is 19.4 Å². The number of hydrogen-bond donors (Lipinski definition) is 3. The molecule has 3 N–H and O–H groups in total. The summed E-state index contributed by atoms with van der Waals surface area (Å²) in [4.78, 5) is 24.1. The van der Waals surface area contributed by atoms with Crippen molar-refractivity contribution in [3.05, 3.63) is 78.4 Å². The smallest absolute Gasteiger partial charge is 0.314 e. The van der Waals surface area contributed by atoms with E-state index in [0.29, 0.717) is 28.4 Å². The van der Waals surface area contributed by atoms with E-state index in [2.05, 4.69) is 10.6 Å². The molecule has 0 bridgehead atoms. The first-order chi connectivity index (χ1) is 13.0. The highest BCUT2D eigenvalue weighted by Gasteiger charge is 2.15. The molecule has 136 valence electrons. The first kappa shape index (κ1) is 18.0. The maximum atomic E-state index is 12.1. The Labute approximate surface area is 156 Å². The zero-order valence-electron chi connectivity index (χ0n) is 14.6. The van der Waals surface area contributed by atoms with Gasteiger partial charge in [-0.2, -0.15) is 0 Å². The summed E-state index contributed by atoms with van der Waals surface area (Å²) in [7, 11) is 0. The molecule has 6 heteroatoms. The summed E-state index contributed by atoms with van der Waals surface area (Å²) >= 11 is 0. The fourth-order valence-electron chi connectivity index (χ4n) is 2.39. The number of para-hydroxylation sites is 1. The fourth-order valence-corrected chi connectivity index (χ4v) is 2.39. The first-order valence-corrected chi connectivity index (χ1v) is 8.26. The number of rotatable bonds is 4. The van der Waals surface area contributed by atoms with Gasteiger partial charge in [0.1, 0.15) is 17.2 Å². The van der Waals surface area contributed by atoms with Gasteiger partial charge in [0.15, 0.2) is 0 Å². The molecule has 0 heterocycles. The molecule has 0 aliphatic rings. The molecule has 0 atom stereocenters. The summed E-state index contributed by atoms with van der Waals surface area (Å²) in [6, 6.07) is 20.5. The van der Waals surface area contributed by atoms with E-state index in [9.17, 15) is 14.7 Å². The third-order valence-electron chi connectivity index (χ3n) is 3.76. The highest BCUT2D eigenvalue weighted by atomic mass is 16.5. The number of nitrogens with one attached hydrogen (secondary N) is 2. The van der Waals surface area contributed by atoms with Gasteiger partial charge in [-0.15, -0.1) is 0 Å². The lowest BCUT2D eigenvalue weighted by Crippen LogP contribution is -2.29. The SMILES string of the molecule is Cc1cc(O)ccc1NC(=O)C(=O)Nc1ccc(Oc2ccccc2)cc1. The Balaban J connectivity index is 1.59. The van der Waals surface area contributed by atoms with Crippen molar-refractivity contribution >= 4 is 23.2 Å². The minimum Gasteiger partial charge on any atom is -0.508 e. The lowest BCUT2D eigenvalue weighted by molar-refractivity contribution is -0.133. The first-order valence-electron chi connectivity index (χ1n) is 8.26. The van der Waals surface area contributed by atoms with Gasteiger partial charge in [-0.25, -0.2) is 0 Å². The Kier molecular flexibility index (Phi) is 5.37. The summed E-state index contributed by atoms with van der Waals surface area (Å²) in [6.45, 7) is 1.72. The van der Waals surface area contributed by atoms with Crippen molar-refractivity contribution in [3.8, 4) is 17.2 Å². The van der Waals surface area contributed by atoms with Crippen LogP contribution in [-0.4, -0.2) is 16.9 Å². The van der Waals surface area contributed by atoms with Gasteiger partial charge in [-0.3, -0.25) is 9.59 Å². The van der Waals surface area contributed by atoms with Gasteiger partial charge in [-0.1, -0.05) is 18.2 Å². The van der Waals surface area contributed by atoms with E-state index in [4.69, 9.17) is 4.74 Å². The minimum atomic E-state index is -0.798. The lowest BCUT2D eigenvalue weighted by atomic mass is 10.2. The monoisotopic (exact) mass is 362 g/mol. The molecule has 3 rings (SSSR count). The summed E-state index contributed by atoms with van der Waals surface area (Å²) in [5.41, 5.74) is 1.58. The molecular weight excluding hydrogens is 344 g/mol. The average molecular weight is 362 g/mol. The van der Waals surface area contributed by atoms with Crippen LogP contribution in [-0.2, 0) is 9.59 Å². The molecule has 27 heavy (non-hydrogen) atoms. The molecule has 0 radical (unpaired) electrons. The van der Waals surface area contributed by atoms with Crippen LogP contribution < -0.4 is 15.4 Å². The molecule has 0 unspecified atom stereocenters. The minimum absolute atomic E-state index is 0.0905. The molecule has 3 aromatic rings. The Morgan fingerprint density at radius 1 is 0.815 bits per heavy atom. The zero-order chi connectivity index (χ0) is 19.2. The topological polar surface area (TPSA) is 87.7 Å². The van der Waals surface area contributed by atoms with E-state index >= 15 is 0 Å². The van der Waals surface area contributed by atoms with Crippen LogP contribution in [0.2, 0.25) is 0 Å². The van der Waals surface area contributed by atoms with Crippen LogP contribution in [0, 0.1) is 6.92 Å². The van der Waals surface area contributed by atoms with Gasteiger partial charge in [0.25, 0.3) is 0 Å². The molecule has 2 amide bonds. The standard InChI is InChI=1S/C21H18N2O4/c1-14-13-16(24)9-12-19(14)23-21(26)20(25)22-15-7-10-18(11-8-15)27-17-5-3-2-4-6-17/h2-13,24H,1H3,(H,22,25)(H,23,26). The number of carbonyl (C=O) groups is 2. The van der Waals surface area contributed by atoms with E-state index in [1.165, 1.54) is 18.2 Å². The number of anilines is 2. The fraction of sp³-hybridized carbons (Fsp3) is 0.0476. The molecule has 0 saturated heterocycles. The lowest BCUT2D eigenvalue weighted by Gasteiger charge is -2.10. The zero-order valence-corrected chi connectivity index (χ0v) is 14.6. The van der Waals surface area contributed by atoms with E-state index in [1.54, 1.807) is 31.2 Å². The third-order valence-corrected chi connectivity index (χ3v) is 3.76. The molecule has 6 nitrogen and oxygen atoms in total. The average Bonchev–Trinajstić information content (AvgIpc) is 2.66. The van der Waals surface area contributed by atoms with Crippen molar-refractivity contribution in [2.24, 2.45) is 0 Å². The third kappa shape index (κ3) is 4.85. The molecule has 0 fully saturated rings. The van der Waals surface area contributed by atoms with E-state index in [0.717, 1.165) is 0 Å².